The molecule has 2 aromatic carbocycles. The van der Waals surface area contributed by atoms with Crippen molar-refractivity contribution < 1.29 is 4.74 Å². The van der Waals surface area contributed by atoms with E-state index < -0.39 is 0 Å². The number of ether oxygens (including phenoxy) is 1. The van der Waals surface area contributed by atoms with Gasteiger partial charge in [0.25, 0.3) is 0 Å². The molecule has 0 radical (unpaired) electrons. The van der Waals surface area contributed by atoms with Gasteiger partial charge in [0, 0.05) is 23.2 Å². The predicted molar refractivity (Wildman–Crippen MR) is 99.6 cm³/mol. The van der Waals surface area contributed by atoms with Crippen LogP contribution in [0.4, 0.5) is 0 Å². The van der Waals surface area contributed by atoms with Crippen molar-refractivity contribution in [3.05, 3.63) is 64.7 Å². The van der Waals surface area contributed by atoms with Gasteiger partial charge in [0.1, 0.15) is 12.4 Å². The van der Waals surface area contributed by atoms with Crippen molar-refractivity contribution in [2.24, 2.45) is 0 Å². The first-order valence-corrected chi connectivity index (χ1v) is 8.95. The van der Waals surface area contributed by atoms with Crippen LogP contribution in [-0.2, 0) is 13.2 Å². The van der Waals surface area contributed by atoms with Gasteiger partial charge in [-0.25, -0.2) is 0 Å². The summed E-state index contributed by atoms with van der Waals surface area (Å²) in [4.78, 5) is 2.39. The molecule has 1 aliphatic rings. The largest absolute Gasteiger partial charge is 0.489 e. The van der Waals surface area contributed by atoms with Crippen molar-refractivity contribution in [2.75, 3.05) is 20.1 Å². The van der Waals surface area contributed by atoms with Gasteiger partial charge in [0.05, 0.1) is 0 Å². The number of nitrogens with one attached hydrogen (secondary N) is 1. The quantitative estimate of drug-likeness (QED) is 0.853. The van der Waals surface area contributed by atoms with Gasteiger partial charge in [-0.1, -0.05) is 41.9 Å². The summed E-state index contributed by atoms with van der Waals surface area (Å²) < 4.78 is 5.90. The topological polar surface area (TPSA) is 24.5 Å². The van der Waals surface area contributed by atoms with Crippen LogP contribution >= 0.6 is 11.6 Å². The van der Waals surface area contributed by atoms with E-state index in [1.165, 1.54) is 31.5 Å². The Morgan fingerprint density at radius 1 is 1.12 bits per heavy atom. The zero-order valence-electron chi connectivity index (χ0n) is 14.2. The van der Waals surface area contributed by atoms with E-state index in [1.54, 1.807) is 0 Å². The highest BCUT2D eigenvalue weighted by Crippen LogP contribution is 2.19. The van der Waals surface area contributed by atoms with Gasteiger partial charge in [-0.3, -0.25) is 0 Å². The van der Waals surface area contributed by atoms with E-state index in [4.69, 9.17) is 16.3 Å². The van der Waals surface area contributed by atoms with E-state index in [2.05, 4.69) is 29.4 Å². The minimum Gasteiger partial charge on any atom is -0.489 e. The van der Waals surface area contributed by atoms with E-state index in [9.17, 15) is 0 Å². The number of piperidine rings is 1. The molecule has 1 aliphatic heterocycles. The molecule has 0 unspecified atom stereocenters. The summed E-state index contributed by atoms with van der Waals surface area (Å²) in [5.41, 5.74) is 2.26. The van der Waals surface area contributed by atoms with Crippen LogP contribution in [0.1, 0.15) is 24.0 Å². The highest BCUT2D eigenvalue weighted by molar-refractivity contribution is 6.31. The van der Waals surface area contributed by atoms with Crippen molar-refractivity contribution in [3.63, 3.8) is 0 Å². The summed E-state index contributed by atoms with van der Waals surface area (Å²) in [6.07, 6.45) is 2.44. The van der Waals surface area contributed by atoms with E-state index in [0.29, 0.717) is 12.6 Å². The molecule has 3 rings (SSSR count). The van der Waals surface area contributed by atoms with Crippen molar-refractivity contribution in [1.82, 2.24) is 10.2 Å². The lowest BCUT2D eigenvalue weighted by Gasteiger charge is -2.29. The molecule has 4 heteroatoms. The average Bonchev–Trinajstić information content (AvgIpc) is 2.61. The van der Waals surface area contributed by atoms with Crippen molar-refractivity contribution in [1.29, 1.82) is 0 Å². The lowest BCUT2D eigenvalue weighted by molar-refractivity contribution is 0.234. The van der Waals surface area contributed by atoms with Gasteiger partial charge in [0.15, 0.2) is 0 Å². The Kier molecular flexibility index (Phi) is 6.13. The second kappa shape index (κ2) is 8.52. The van der Waals surface area contributed by atoms with Crippen molar-refractivity contribution in [3.8, 4) is 5.75 Å². The third-order valence-corrected chi connectivity index (χ3v) is 4.93. The number of likely N-dealkylation sites (tertiary alicyclic amines) is 1. The number of hydrogen-bond donors (Lipinski definition) is 1. The van der Waals surface area contributed by atoms with Crippen LogP contribution < -0.4 is 10.1 Å². The van der Waals surface area contributed by atoms with Gasteiger partial charge in [-0.05, 0) is 56.7 Å². The van der Waals surface area contributed by atoms with Gasteiger partial charge in [-0.2, -0.15) is 0 Å². The van der Waals surface area contributed by atoms with Gasteiger partial charge < -0.3 is 15.0 Å². The zero-order chi connectivity index (χ0) is 16.8. The molecule has 0 amide bonds. The van der Waals surface area contributed by atoms with E-state index in [1.807, 2.05) is 36.4 Å². The number of benzene rings is 2. The minimum atomic E-state index is 0.492. The summed E-state index contributed by atoms with van der Waals surface area (Å²) in [5.74, 6) is 0.887. The fraction of sp³-hybridized carbons (Fsp3) is 0.400. The second-order valence-electron chi connectivity index (χ2n) is 6.49. The van der Waals surface area contributed by atoms with Crippen LogP contribution in [0.2, 0.25) is 5.02 Å². The maximum Gasteiger partial charge on any atom is 0.120 e. The Bertz CT molecular complexity index is 654. The fourth-order valence-corrected chi connectivity index (χ4v) is 3.19. The van der Waals surface area contributed by atoms with Gasteiger partial charge in [-0.15, -0.1) is 0 Å². The summed E-state index contributed by atoms with van der Waals surface area (Å²) in [5, 5.41) is 4.41. The molecule has 0 bridgehead atoms. The number of nitrogens with zero attached hydrogens (tertiary/aromatic N) is 1. The molecule has 128 valence electrons. The standard InChI is InChI=1S/C20H25ClN2O/c1-23-11-9-18(10-12-23)22-14-16-5-4-7-19(13-16)24-15-17-6-2-3-8-20(17)21/h2-8,13,18,22H,9-12,14-15H2,1H3. The van der Waals surface area contributed by atoms with E-state index in [0.717, 1.165) is 22.9 Å². The van der Waals surface area contributed by atoms with Crippen LogP contribution in [0.5, 0.6) is 5.75 Å². The molecule has 3 nitrogen and oxygen atoms in total. The SMILES string of the molecule is CN1CCC(NCc2cccc(OCc3ccccc3Cl)c2)CC1. The molecule has 0 atom stereocenters. The number of hydrogen-bond acceptors (Lipinski definition) is 3. The van der Waals surface area contributed by atoms with Gasteiger partial charge in [0.2, 0.25) is 0 Å². The van der Waals surface area contributed by atoms with Crippen LogP contribution in [0, 0.1) is 0 Å². The molecule has 0 aliphatic carbocycles. The lowest BCUT2D eigenvalue weighted by Crippen LogP contribution is -2.40. The molecular weight excluding hydrogens is 320 g/mol. The van der Waals surface area contributed by atoms with Crippen LogP contribution in [0.25, 0.3) is 0 Å². The molecule has 0 saturated carbocycles. The Morgan fingerprint density at radius 2 is 1.92 bits per heavy atom. The first-order valence-electron chi connectivity index (χ1n) is 8.58. The predicted octanol–water partition coefficient (Wildman–Crippen LogP) is 4.10. The number of halogens is 1. The molecule has 1 heterocycles. The van der Waals surface area contributed by atoms with Crippen molar-refractivity contribution >= 4 is 11.6 Å². The highest BCUT2D eigenvalue weighted by Gasteiger charge is 2.15. The third kappa shape index (κ3) is 4.97. The Morgan fingerprint density at radius 3 is 2.71 bits per heavy atom. The van der Waals surface area contributed by atoms with E-state index in [-0.39, 0.29) is 0 Å². The monoisotopic (exact) mass is 344 g/mol. The first-order chi connectivity index (χ1) is 11.7. The van der Waals surface area contributed by atoms with Crippen LogP contribution in [-0.4, -0.2) is 31.1 Å². The fourth-order valence-electron chi connectivity index (χ4n) is 3.00. The normalized spacial score (nSPS) is 16.2. The molecule has 1 fully saturated rings. The lowest BCUT2D eigenvalue weighted by atomic mass is 10.1. The molecule has 2 aromatic rings. The Balaban J connectivity index is 1.51. The van der Waals surface area contributed by atoms with Crippen LogP contribution in [0.3, 0.4) is 0 Å². The highest BCUT2D eigenvalue weighted by atomic mass is 35.5. The smallest absolute Gasteiger partial charge is 0.120 e. The number of rotatable bonds is 6. The molecular formula is C20H25ClN2O. The zero-order valence-corrected chi connectivity index (χ0v) is 14.9. The first kappa shape index (κ1) is 17.3. The summed E-state index contributed by atoms with van der Waals surface area (Å²) in [6.45, 7) is 3.74. The minimum absolute atomic E-state index is 0.492. The molecule has 0 spiro atoms. The van der Waals surface area contributed by atoms with Crippen molar-refractivity contribution in [2.45, 2.75) is 32.0 Å². The summed E-state index contributed by atoms with van der Waals surface area (Å²) in [7, 11) is 2.19. The average molecular weight is 345 g/mol. The molecule has 1 N–H and O–H groups in total. The third-order valence-electron chi connectivity index (χ3n) is 4.56. The Hall–Kier alpha value is -1.55. The maximum absolute atomic E-state index is 6.17. The molecule has 0 aromatic heterocycles. The summed E-state index contributed by atoms with van der Waals surface area (Å²) >= 11 is 6.17. The molecule has 24 heavy (non-hydrogen) atoms. The van der Waals surface area contributed by atoms with E-state index >= 15 is 0 Å². The van der Waals surface area contributed by atoms with Crippen LogP contribution in [0.15, 0.2) is 48.5 Å². The Labute approximate surface area is 149 Å². The molecule has 1 saturated heterocycles. The summed E-state index contributed by atoms with van der Waals surface area (Å²) in [6, 6.07) is 16.7. The maximum atomic E-state index is 6.17. The van der Waals surface area contributed by atoms with Gasteiger partial charge >= 0.3 is 0 Å². The second-order valence-corrected chi connectivity index (χ2v) is 6.89.